The molecule has 10 nitrogen and oxygen atoms in total. The van der Waals surface area contributed by atoms with E-state index in [0.717, 1.165) is 6.42 Å². The molecule has 2 aromatic rings. The van der Waals surface area contributed by atoms with Gasteiger partial charge in [-0.3, -0.25) is 4.98 Å². The summed E-state index contributed by atoms with van der Waals surface area (Å²) in [6.07, 6.45) is 0.823. The van der Waals surface area contributed by atoms with Crippen LogP contribution in [-0.4, -0.2) is 78.3 Å². The maximum Gasteiger partial charge on any atom is 0.435 e. The average Bonchev–Trinajstić information content (AvgIpc) is 3.32. The topological polar surface area (TPSA) is 102 Å². The van der Waals surface area contributed by atoms with Gasteiger partial charge < -0.3 is 14.5 Å². The van der Waals surface area contributed by atoms with E-state index in [9.17, 15) is 18.0 Å². The second-order valence-corrected chi connectivity index (χ2v) is 8.21. The average molecular weight is 424 g/mol. The lowest BCUT2D eigenvalue weighted by Crippen LogP contribution is -2.67. The van der Waals surface area contributed by atoms with Crippen LogP contribution < -0.4 is 4.74 Å². The van der Waals surface area contributed by atoms with Crippen molar-refractivity contribution in [1.82, 2.24) is 40.0 Å². The zero-order valence-corrected chi connectivity index (χ0v) is 15.9. The number of urea groups is 1. The molecule has 1 spiro atoms. The summed E-state index contributed by atoms with van der Waals surface area (Å²) >= 11 is 0. The van der Waals surface area contributed by atoms with Crippen molar-refractivity contribution in [3.63, 3.8) is 0 Å². The van der Waals surface area contributed by atoms with Gasteiger partial charge in [-0.1, -0.05) is 0 Å². The number of amides is 2. The van der Waals surface area contributed by atoms with Crippen molar-refractivity contribution in [2.45, 2.75) is 37.6 Å². The summed E-state index contributed by atoms with van der Waals surface area (Å²) < 4.78 is 45.4. The van der Waals surface area contributed by atoms with Gasteiger partial charge in [-0.05, 0) is 29.7 Å². The smallest absolute Gasteiger partial charge is 0.435 e. The molecule has 0 aromatic carbocycles. The number of carbonyl (C=O) groups is 1. The van der Waals surface area contributed by atoms with Crippen LogP contribution in [-0.2, 0) is 6.18 Å². The fourth-order valence-electron chi connectivity index (χ4n) is 4.53. The lowest BCUT2D eigenvalue weighted by molar-refractivity contribution is -0.142. The van der Waals surface area contributed by atoms with Gasteiger partial charge in [0, 0.05) is 31.6 Å². The minimum atomic E-state index is -4.55. The number of tetrazole rings is 1. The van der Waals surface area contributed by atoms with E-state index in [1.165, 1.54) is 6.20 Å². The van der Waals surface area contributed by atoms with Gasteiger partial charge in [0.15, 0.2) is 5.69 Å². The monoisotopic (exact) mass is 424 g/mol. The summed E-state index contributed by atoms with van der Waals surface area (Å²) in [5.74, 6) is -0.123. The molecule has 0 radical (unpaired) electrons. The first kappa shape index (κ1) is 19.0. The molecule has 1 saturated carbocycles. The third-order valence-corrected chi connectivity index (χ3v) is 6.01. The zero-order valence-electron chi connectivity index (χ0n) is 15.9. The van der Waals surface area contributed by atoms with E-state index >= 15 is 0 Å². The van der Waals surface area contributed by atoms with E-state index < -0.39 is 11.9 Å². The molecule has 2 aliphatic heterocycles. The standard InChI is InChI=1S/C17H19F3N8O2/c18-17(19,20)13-5-21-6-14(23-13)30-12-3-16(4-12)8-27(9-16)15(29)26-2-1-11(7-26)28-10-22-24-25-28/h5-6,10-12H,1-4,7-9H2/t11-/m0/s1. The van der Waals surface area contributed by atoms with Crippen molar-refractivity contribution < 1.29 is 22.7 Å². The van der Waals surface area contributed by atoms with E-state index in [4.69, 9.17) is 4.74 Å². The van der Waals surface area contributed by atoms with E-state index in [0.29, 0.717) is 45.2 Å². The Morgan fingerprint density at radius 1 is 1.20 bits per heavy atom. The molecule has 2 amide bonds. The molecule has 2 saturated heterocycles. The first-order valence-electron chi connectivity index (χ1n) is 9.64. The second-order valence-electron chi connectivity index (χ2n) is 8.21. The van der Waals surface area contributed by atoms with E-state index in [1.54, 1.807) is 11.0 Å². The predicted molar refractivity (Wildman–Crippen MR) is 93.1 cm³/mol. The van der Waals surface area contributed by atoms with Crippen LogP contribution in [0.3, 0.4) is 0 Å². The van der Waals surface area contributed by atoms with Crippen molar-refractivity contribution in [3.8, 4) is 5.88 Å². The molecule has 5 rings (SSSR count). The fraction of sp³-hybridized carbons (Fsp3) is 0.647. The molecule has 30 heavy (non-hydrogen) atoms. The molecule has 3 aliphatic rings. The first-order valence-corrected chi connectivity index (χ1v) is 9.64. The highest BCUT2D eigenvalue weighted by atomic mass is 19.4. The van der Waals surface area contributed by atoms with E-state index in [1.807, 2.05) is 9.80 Å². The Hall–Kier alpha value is -2.99. The number of likely N-dealkylation sites (tertiary alicyclic amines) is 2. The third-order valence-electron chi connectivity index (χ3n) is 6.01. The van der Waals surface area contributed by atoms with Crippen molar-refractivity contribution >= 4 is 6.03 Å². The van der Waals surface area contributed by atoms with Gasteiger partial charge in [0.25, 0.3) is 0 Å². The van der Waals surface area contributed by atoms with Crippen LogP contribution in [0.15, 0.2) is 18.7 Å². The summed E-state index contributed by atoms with van der Waals surface area (Å²) in [6.45, 7) is 2.50. The summed E-state index contributed by atoms with van der Waals surface area (Å²) in [4.78, 5) is 23.4. The normalized spacial score (nSPS) is 23.4. The van der Waals surface area contributed by atoms with Gasteiger partial charge in [0.1, 0.15) is 12.4 Å². The van der Waals surface area contributed by atoms with Crippen LogP contribution in [0.1, 0.15) is 31.0 Å². The highest BCUT2D eigenvalue weighted by Crippen LogP contribution is 2.50. The number of aromatic nitrogens is 6. The van der Waals surface area contributed by atoms with Gasteiger partial charge in [-0.25, -0.2) is 14.5 Å². The molecule has 2 aromatic heterocycles. The number of alkyl halides is 3. The molecule has 0 unspecified atom stereocenters. The molecule has 0 bridgehead atoms. The molecule has 3 fully saturated rings. The van der Waals surface area contributed by atoms with Crippen molar-refractivity contribution in [2.75, 3.05) is 26.2 Å². The number of rotatable bonds is 3. The molecule has 13 heteroatoms. The van der Waals surface area contributed by atoms with Crippen LogP contribution in [0.2, 0.25) is 0 Å². The van der Waals surface area contributed by atoms with Gasteiger partial charge in [0.2, 0.25) is 5.88 Å². The molecule has 4 heterocycles. The van der Waals surface area contributed by atoms with Gasteiger partial charge in [0.05, 0.1) is 18.4 Å². The van der Waals surface area contributed by atoms with E-state index in [2.05, 4.69) is 25.5 Å². The Bertz CT molecular complexity index is 923. The quantitative estimate of drug-likeness (QED) is 0.734. The van der Waals surface area contributed by atoms with Crippen LogP contribution in [0.25, 0.3) is 0 Å². The Labute approximate surface area is 169 Å². The number of ether oxygens (including phenoxy) is 1. The Kier molecular flexibility index (Phi) is 4.29. The molecule has 1 aliphatic carbocycles. The molecular formula is C17H19F3N8O2. The summed E-state index contributed by atoms with van der Waals surface area (Å²) in [5, 5.41) is 11.2. The summed E-state index contributed by atoms with van der Waals surface area (Å²) in [6, 6.07) is 0.0959. The molecule has 0 N–H and O–H groups in total. The zero-order chi connectivity index (χ0) is 20.9. The second kappa shape index (κ2) is 6.77. The highest BCUT2D eigenvalue weighted by molar-refractivity contribution is 5.76. The lowest BCUT2D eigenvalue weighted by Gasteiger charge is -2.58. The molecule has 160 valence electrons. The Morgan fingerprint density at radius 2 is 2.00 bits per heavy atom. The fourth-order valence-corrected chi connectivity index (χ4v) is 4.53. The molecular weight excluding hydrogens is 405 g/mol. The van der Waals surface area contributed by atoms with Gasteiger partial charge in [-0.2, -0.15) is 13.2 Å². The molecule has 1 atom stereocenters. The lowest BCUT2D eigenvalue weighted by atomic mass is 9.62. The maximum absolute atomic E-state index is 12.7. The van der Waals surface area contributed by atoms with Crippen LogP contribution in [0, 0.1) is 5.41 Å². The Balaban J connectivity index is 1.10. The third kappa shape index (κ3) is 3.41. The van der Waals surface area contributed by atoms with Gasteiger partial charge in [-0.15, -0.1) is 5.10 Å². The maximum atomic E-state index is 12.7. The van der Waals surface area contributed by atoms with Crippen molar-refractivity contribution in [3.05, 3.63) is 24.4 Å². The van der Waals surface area contributed by atoms with Crippen LogP contribution >= 0.6 is 0 Å². The Morgan fingerprint density at radius 3 is 2.70 bits per heavy atom. The largest absolute Gasteiger partial charge is 0.473 e. The summed E-state index contributed by atoms with van der Waals surface area (Å²) in [7, 11) is 0. The van der Waals surface area contributed by atoms with Crippen LogP contribution in [0.4, 0.5) is 18.0 Å². The number of hydrogen-bond acceptors (Lipinski definition) is 7. The minimum absolute atomic E-state index is 0.00399. The SMILES string of the molecule is O=C(N1CC[C@H](n2cnnn2)C1)N1CC2(CC(Oc3cncc(C(F)(F)F)n3)C2)C1. The predicted octanol–water partition coefficient (Wildman–Crippen LogP) is 1.39. The number of halogens is 3. The van der Waals surface area contributed by atoms with Gasteiger partial charge >= 0.3 is 12.2 Å². The van der Waals surface area contributed by atoms with Crippen LogP contribution in [0.5, 0.6) is 5.88 Å². The van der Waals surface area contributed by atoms with E-state index in [-0.39, 0.29) is 29.5 Å². The van der Waals surface area contributed by atoms with Crippen molar-refractivity contribution in [2.24, 2.45) is 5.41 Å². The number of carbonyl (C=O) groups excluding carboxylic acids is 1. The highest BCUT2D eigenvalue weighted by Gasteiger charge is 2.55. The van der Waals surface area contributed by atoms with Crippen molar-refractivity contribution in [1.29, 1.82) is 0 Å². The first-order chi connectivity index (χ1) is 14.3. The summed E-state index contributed by atoms with van der Waals surface area (Å²) in [5.41, 5.74) is -1.08. The number of nitrogens with zero attached hydrogens (tertiary/aromatic N) is 8. The minimum Gasteiger partial charge on any atom is -0.473 e. The number of hydrogen-bond donors (Lipinski definition) is 0.